The molecule has 1 N–H and O–H groups in total. The van der Waals surface area contributed by atoms with E-state index in [-0.39, 0.29) is 11.3 Å². The van der Waals surface area contributed by atoms with Gasteiger partial charge in [0, 0.05) is 30.1 Å². The molecule has 32 heavy (non-hydrogen) atoms. The summed E-state index contributed by atoms with van der Waals surface area (Å²) in [5, 5.41) is 23.4. The molecule has 3 aromatic rings. The highest BCUT2D eigenvalue weighted by Gasteiger charge is 2.15. The predicted octanol–water partition coefficient (Wildman–Crippen LogP) is 4.66. The van der Waals surface area contributed by atoms with Gasteiger partial charge in [-0.2, -0.15) is 5.26 Å². The number of hydrogen-bond acceptors (Lipinski definition) is 4. The minimum Gasteiger partial charge on any atom is -0.351 e. The lowest BCUT2D eigenvalue weighted by molar-refractivity contribution is -0.384. The highest BCUT2D eigenvalue weighted by Crippen LogP contribution is 2.25. The Bertz CT molecular complexity index is 1200. The zero-order valence-corrected chi connectivity index (χ0v) is 18.0. The Morgan fingerprint density at radius 1 is 1.16 bits per heavy atom. The van der Waals surface area contributed by atoms with Crippen molar-refractivity contribution >= 4 is 17.7 Å². The van der Waals surface area contributed by atoms with E-state index < -0.39 is 10.8 Å². The third-order valence-electron chi connectivity index (χ3n) is 5.20. The van der Waals surface area contributed by atoms with E-state index in [2.05, 4.69) is 5.32 Å². The van der Waals surface area contributed by atoms with Gasteiger partial charge in [-0.05, 0) is 56.0 Å². The zero-order valence-electron chi connectivity index (χ0n) is 18.0. The minimum atomic E-state index is -0.436. The number of aryl methyl sites for hydroxylation is 2. The highest BCUT2D eigenvalue weighted by atomic mass is 16.6. The molecule has 0 atom stereocenters. The molecule has 2 aromatic carbocycles. The minimum absolute atomic E-state index is 0.000290. The lowest BCUT2D eigenvalue weighted by Gasteiger charge is -2.09. The van der Waals surface area contributed by atoms with Gasteiger partial charge in [-0.15, -0.1) is 0 Å². The summed E-state index contributed by atoms with van der Waals surface area (Å²) in [7, 11) is 0. The largest absolute Gasteiger partial charge is 0.351 e. The Kier molecular flexibility index (Phi) is 7.19. The van der Waals surface area contributed by atoms with Crippen molar-refractivity contribution in [3.05, 3.63) is 98.9 Å². The molecule has 0 aliphatic carbocycles. The number of amides is 1. The molecule has 0 aliphatic rings. The monoisotopic (exact) mass is 428 g/mol. The molecule has 1 amide bonds. The first-order valence-electron chi connectivity index (χ1n) is 10.3. The number of benzene rings is 2. The zero-order chi connectivity index (χ0) is 23.1. The number of rotatable bonds is 8. The van der Waals surface area contributed by atoms with Crippen LogP contribution in [0.15, 0.2) is 66.2 Å². The van der Waals surface area contributed by atoms with E-state index in [1.165, 1.54) is 17.7 Å². The van der Waals surface area contributed by atoms with E-state index in [9.17, 15) is 20.2 Å². The third kappa shape index (κ3) is 5.29. The normalized spacial score (nSPS) is 11.1. The Hall–Kier alpha value is -4.18. The van der Waals surface area contributed by atoms with Crippen LogP contribution in [0.3, 0.4) is 0 Å². The van der Waals surface area contributed by atoms with E-state index in [0.29, 0.717) is 17.8 Å². The molecule has 1 aromatic heterocycles. The average molecular weight is 428 g/mol. The van der Waals surface area contributed by atoms with Crippen LogP contribution in [0.5, 0.6) is 0 Å². The molecule has 162 valence electrons. The second-order valence-electron chi connectivity index (χ2n) is 7.45. The lowest BCUT2D eigenvalue weighted by Crippen LogP contribution is -2.25. The predicted molar refractivity (Wildman–Crippen MR) is 123 cm³/mol. The number of nitrogens with zero attached hydrogens (tertiary/aromatic N) is 3. The summed E-state index contributed by atoms with van der Waals surface area (Å²) >= 11 is 0. The number of nitrogens with one attached hydrogen (secondary N) is 1. The van der Waals surface area contributed by atoms with Gasteiger partial charge in [0.25, 0.3) is 11.6 Å². The van der Waals surface area contributed by atoms with Gasteiger partial charge in [-0.25, -0.2) is 0 Å². The van der Waals surface area contributed by atoms with E-state index in [0.717, 1.165) is 24.2 Å². The van der Waals surface area contributed by atoms with Crippen molar-refractivity contribution in [2.24, 2.45) is 0 Å². The van der Waals surface area contributed by atoms with Crippen molar-refractivity contribution in [3.8, 4) is 11.8 Å². The number of nitriles is 1. The van der Waals surface area contributed by atoms with E-state index in [1.807, 2.05) is 60.9 Å². The molecule has 3 rings (SSSR count). The fourth-order valence-electron chi connectivity index (χ4n) is 3.62. The smallest absolute Gasteiger partial charge is 0.271 e. The summed E-state index contributed by atoms with van der Waals surface area (Å²) in [6.07, 6.45) is 3.18. The second-order valence-corrected chi connectivity index (χ2v) is 7.45. The molecule has 0 aliphatic heterocycles. The van der Waals surface area contributed by atoms with Crippen LogP contribution in [0.1, 0.15) is 28.9 Å². The van der Waals surface area contributed by atoms with Gasteiger partial charge in [0.2, 0.25) is 0 Å². The molecule has 7 heteroatoms. The number of hydrogen-bond donors (Lipinski definition) is 1. The van der Waals surface area contributed by atoms with Crippen molar-refractivity contribution in [3.63, 3.8) is 0 Å². The molecule has 0 fully saturated rings. The number of nitro benzene ring substituents is 1. The fraction of sp³-hybridized carbons (Fsp3) is 0.200. The maximum atomic E-state index is 12.5. The first-order valence-corrected chi connectivity index (χ1v) is 10.3. The van der Waals surface area contributed by atoms with Crippen LogP contribution in [0, 0.1) is 35.3 Å². The van der Waals surface area contributed by atoms with Gasteiger partial charge in [0.1, 0.15) is 11.6 Å². The van der Waals surface area contributed by atoms with Crippen molar-refractivity contribution in [1.82, 2.24) is 9.88 Å². The maximum Gasteiger partial charge on any atom is 0.271 e. The molecule has 0 radical (unpaired) electrons. The quantitative estimate of drug-likeness (QED) is 0.185. The van der Waals surface area contributed by atoms with Crippen LogP contribution in [-0.2, 0) is 11.2 Å². The molecule has 1 heterocycles. The summed E-state index contributed by atoms with van der Waals surface area (Å²) < 4.78 is 1.87. The molecule has 0 saturated carbocycles. The van der Waals surface area contributed by atoms with Crippen LogP contribution in [-0.4, -0.2) is 21.9 Å². The molecular weight excluding hydrogens is 404 g/mol. The summed E-state index contributed by atoms with van der Waals surface area (Å²) in [6, 6.07) is 20.2. The molecule has 0 saturated heterocycles. The Labute approximate surface area is 186 Å². The maximum absolute atomic E-state index is 12.5. The first kappa shape index (κ1) is 22.5. The van der Waals surface area contributed by atoms with Crippen LogP contribution >= 0.6 is 0 Å². The summed E-state index contributed by atoms with van der Waals surface area (Å²) in [4.78, 5) is 23.2. The highest BCUT2D eigenvalue weighted by molar-refractivity contribution is 6.01. The standard InChI is InChI=1S/C25H24N4O3/c1-18-14-21(19(2)28(18)23-11-6-12-24(16-23)29(31)32)15-22(17-26)25(30)27-13-7-10-20-8-4-3-5-9-20/h3-6,8-9,11-12,14-16H,7,10,13H2,1-2H3,(H,27,30)/b22-15-. The first-order chi connectivity index (χ1) is 15.4. The van der Waals surface area contributed by atoms with Crippen molar-refractivity contribution < 1.29 is 9.72 Å². The topological polar surface area (TPSA) is 101 Å². The van der Waals surface area contributed by atoms with E-state index in [1.54, 1.807) is 18.2 Å². The number of nitro groups is 1. The summed E-state index contributed by atoms with van der Waals surface area (Å²) in [6.45, 7) is 4.20. The van der Waals surface area contributed by atoms with Gasteiger partial charge in [-0.3, -0.25) is 14.9 Å². The average Bonchev–Trinajstić information content (AvgIpc) is 3.08. The molecule has 0 unspecified atom stereocenters. The van der Waals surface area contributed by atoms with Gasteiger partial charge >= 0.3 is 0 Å². The SMILES string of the molecule is Cc1cc(/C=C(/C#N)C(=O)NCCCc2ccccc2)c(C)n1-c1cccc([N+](=O)[O-])c1. The van der Waals surface area contributed by atoms with Gasteiger partial charge < -0.3 is 9.88 Å². The number of carbonyl (C=O) groups is 1. The fourth-order valence-corrected chi connectivity index (χ4v) is 3.62. The van der Waals surface area contributed by atoms with Gasteiger partial charge in [0.15, 0.2) is 0 Å². The Morgan fingerprint density at radius 2 is 1.91 bits per heavy atom. The van der Waals surface area contributed by atoms with Crippen molar-refractivity contribution in [2.75, 3.05) is 6.54 Å². The summed E-state index contributed by atoms with van der Waals surface area (Å²) in [5.74, 6) is -0.416. The second kappa shape index (κ2) is 10.2. The Balaban J connectivity index is 1.74. The molecular formula is C25H24N4O3. The van der Waals surface area contributed by atoms with Gasteiger partial charge in [-0.1, -0.05) is 36.4 Å². The number of aromatic nitrogens is 1. The van der Waals surface area contributed by atoms with Crippen molar-refractivity contribution in [2.45, 2.75) is 26.7 Å². The summed E-state index contributed by atoms with van der Waals surface area (Å²) in [5.41, 5.74) is 4.21. The van der Waals surface area contributed by atoms with E-state index >= 15 is 0 Å². The van der Waals surface area contributed by atoms with Crippen LogP contribution in [0.4, 0.5) is 5.69 Å². The van der Waals surface area contributed by atoms with Crippen LogP contribution in [0.25, 0.3) is 11.8 Å². The third-order valence-corrected chi connectivity index (χ3v) is 5.20. The van der Waals surface area contributed by atoms with Crippen molar-refractivity contribution in [1.29, 1.82) is 5.26 Å². The van der Waals surface area contributed by atoms with Gasteiger partial charge in [0.05, 0.1) is 10.6 Å². The number of carbonyl (C=O) groups excluding carboxylic acids is 1. The van der Waals surface area contributed by atoms with E-state index in [4.69, 9.17) is 0 Å². The molecule has 0 spiro atoms. The van der Waals surface area contributed by atoms with Crippen LogP contribution < -0.4 is 5.32 Å². The lowest BCUT2D eigenvalue weighted by atomic mass is 10.1. The number of non-ortho nitro benzene ring substituents is 1. The van der Waals surface area contributed by atoms with Crippen LogP contribution in [0.2, 0.25) is 0 Å². The Morgan fingerprint density at radius 3 is 2.59 bits per heavy atom. The molecule has 7 nitrogen and oxygen atoms in total. The molecule has 0 bridgehead atoms.